The fraction of sp³-hybridized carbons (Fsp3) is 0.211. The molecule has 0 fully saturated rings. The van der Waals surface area contributed by atoms with Crippen LogP contribution in [-0.4, -0.2) is 10.5 Å². The zero-order valence-electron chi connectivity index (χ0n) is 13.6. The Morgan fingerprint density at radius 3 is 2.61 bits per heavy atom. The van der Waals surface area contributed by atoms with Gasteiger partial charge in [0.2, 0.25) is 0 Å². The van der Waals surface area contributed by atoms with E-state index in [0.717, 1.165) is 22.8 Å². The summed E-state index contributed by atoms with van der Waals surface area (Å²) in [7, 11) is 0. The zero-order valence-corrected chi connectivity index (χ0v) is 13.6. The molecule has 2 heterocycles. The van der Waals surface area contributed by atoms with Crippen LogP contribution >= 0.6 is 0 Å². The number of carbonyl (C=O) groups excluding carboxylic acids is 1. The Morgan fingerprint density at radius 2 is 1.91 bits per heavy atom. The lowest BCUT2D eigenvalue weighted by atomic mass is 10.2. The van der Waals surface area contributed by atoms with Gasteiger partial charge in [-0.3, -0.25) is 4.79 Å². The summed E-state index contributed by atoms with van der Waals surface area (Å²) in [4.78, 5) is 12.5. The van der Waals surface area contributed by atoms with Gasteiger partial charge in [-0.15, -0.1) is 0 Å². The second kappa shape index (κ2) is 6.16. The summed E-state index contributed by atoms with van der Waals surface area (Å²) in [5.74, 6) is 0.653. The van der Waals surface area contributed by atoms with Crippen molar-refractivity contribution in [3.63, 3.8) is 0 Å². The molecule has 1 aromatic carbocycles. The molecular weight excluding hydrogens is 288 g/mol. The van der Waals surface area contributed by atoms with E-state index in [0.29, 0.717) is 12.1 Å². The molecule has 3 rings (SSSR count). The van der Waals surface area contributed by atoms with E-state index in [1.165, 1.54) is 5.56 Å². The van der Waals surface area contributed by atoms with Crippen molar-refractivity contribution in [2.75, 3.05) is 0 Å². The number of aromatic nitrogens is 1. The first-order valence-corrected chi connectivity index (χ1v) is 7.63. The second-order valence-electron chi connectivity index (χ2n) is 5.67. The number of hydrogen-bond acceptors (Lipinski definition) is 2. The van der Waals surface area contributed by atoms with E-state index < -0.39 is 0 Å². The Labute approximate surface area is 135 Å². The summed E-state index contributed by atoms with van der Waals surface area (Å²) in [6.45, 7) is 6.45. The fourth-order valence-electron chi connectivity index (χ4n) is 2.85. The topological polar surface area (TPSA) is 47.2 Å². The van der Waals surface area contributed by atoms with E-state index >= 15 is 0 Å². The summed E-state index contributed by atoms with van der Waals surface area (Å²) in [6.07, 6.45) is 1.60. The van der Waals surface area contributed by atoms with Crippen LogP contribution in [0.1, 0.15) is 33.1 Å². The molecule has 0 spiro atoms. The molecule has 1 amide bonds. The SMILES string of the molecule is Cc1ccccc1-n1c(C)cc(C(=O)NCc2ccco2)c1C. The summed E-state index contributed by atoms with van der Waals surface area (Å²) >= 11 is 0. The molecule has 4 nitrogen and oxygen atoms in total. The molecular formula is C19H20N2O2. The number of hydrogen-bond donors (Lipinski definition) is 1. The van der Waals surface area contributed by atoms with Crippen LogP contribution in [0.3, 0.4) is 0 Å². The highest BCUT2D eigenvalue weighted by Crippen LogP contribution is 2.23. The smallest absolute Gasteiger partial charge is 0.253 e. The van der Waals surface area contributed by atoms with Gasteiger partial charge in [0.25, 0.3) is 5.91 Å². The molecule has 3 aromatic rings. The third-order valence-electron chi connectivity index (χ3n) is 4.04. The molecule has 1 N–H and O–H groups in total. The Morgan fingerprint density at radius 1 is 1.13 bits per heavy atom. The number of nitrogens with zero attached hydrogens (tertiary/aromatic N) is 1. The van der Waals surface area contributed by atoms with Crippen LogP contribution in [0.5, 0.6) is 0 Å². The van der Waals surface area contributed by atoms with Gasteiger partial charge in [-0.2, -0.15) is 0 Å². The van der Waals surface area contributed by atoms with E-state index in [9.17, 15) is 4.79 Å². The predicted octanol–water partition coefficient (Wildman–Crippen LogP) is 3.93. The molecule has 0 atom stereocenters. The maximum absolute atomic E-state index is 12.5. The highest BCUT2D eigenvalue weighted by molar-refractivity contribution is 5.95. The lowest BCUT2D eigenvalue weighted by Crippen LogP contribution is -2.23. The lowest BCUT2D eigenvalue weighted by Gasteiger charge is -2.12. The average molecular weight is 308 g/mol. The Hall–Kier alpha value is -2.75. The summed E-state index contributed by atoms with van der Waals surface area (Å²) in [5, 5.41) is 2.90. The monoisotopic (exact) mass is 308 g/mol. The standard InChI is InChI=1S/C19H20N2O2/c1-13-7-4-5-9-18(13)21-14(2)11-17(15(21)3)19(22)20-12-16-8-6-10-23-16/h4-11H,12H2,1-3H3,(H,20,22). The number of rotatable bonds is 4. The van der Waals surface area contributed by atoms with Crippen molar-refractivity contribution in [1.82, 2.24) is 9.88 Å². The number of para-hydroxylation sites is 1. The molecule has 0 saturated carbocycles. The number of benzene rings is 1. The molecule has 23 heavy (non-hydrogen) atoms. The van der Waals surface area contributed by atoms with Crippen molar-refractivity contribution < 1.29 is 9.21 Å². The van der Waals surface area contributed by atoms with Crippen LogP contribution in [-0.2, 0) is 6.54 Å². The van der Waals surface area contributed by atoms with Crippen LogP contribution in [0.2, 0.25) is 0 Å². The Balaban J connectivity index is 1.88. The third-order valence-corrected chi connectivity index (χ3v) is 4.04. The number of nitrogens with one attached hydrogen (secondary N) is 1. The first-order valence-electron chi connectivity index (χ1n) is 7.63. The highest BCUT2D eigenvalue weighted by atomic mass is 16.3. The maximum Gasteiger partial charge on any atom is 0.253 e. The molecule has 0 bridgehead atoms. The van der Waals surface area contributed by atoms with Gasteiger partial charge >= 0.3 is 0 Å². The van der Waals surface area contributed by atoms with E-state index in [1.54, 1.807) is 6.26 Å². The summed E-state index contributed by atoms with van der Waals surface area (Å²) in [5.41, 5.74) is 4.95. The van der Waals surface area contributed by atoms with Crippen molar-refractivity contribution in [1.29, 1.82) is 0 Å². The second-order valence-corrected chi connectivity index (χ2v) is 5.67. The molecule has 0 aliphatic rings. The Kier molecular flexibility index (Phi) is 4.06. The molecule has 4 heteroatoms. The van der Waals surface area contributed by atoms with Crippen LogP contribution in [0.15, 0.2) is 53.1 Å². The van der Waals surface area contributed by atoms with Gasteiger partial charge in [0.15, 0.2) is 0 Å². The molecule has 0 unspecified atom stereocenters. The van der Waals surface area contributed by atoms with E-state index in [2.05, 4.69) is 28.9 Å². The molecule has 0 saturated heterocycles. The average Bonchev–Trinajstić information content (AvgIpc) is 3.14. The minimum Gasteiger partial charge on any atom is -0.467 e. The largest absolute Gasteiger partial charge is 0.467 e. The van der Waals surface area contributed by atoms with Crippen LogP contribution < -0.4 is 5.32 Å². The number of amides is 1. The summed E-state index contributed by atoms with van der Waals surface area (Å²) in [6, 6.07) is 13.8. The van der Waals surface area contributed by atoms with Crippen LogP contribution in [0.4, 0.5) is 0 Å². The van der Waals surface area contributed by atoms with Gasteiger partial charge in [0.05, 0.1) is 18.4 Å². The van der Waals surface area contributed by atoms with Gasteiger partial charge in [-0.25, -0.2) is 0 Å². The van der Waals surface area contributed by atoms with Crippen molar-refractivity contribution >= 4 is 5.91 Å². The van der Waals surface area contributed by atoms with Crippen LogP contribution in [0.25, 0.3) is 5.69 Å². The number of furan rings is 1. The maximum atomic E-state index is 12.5. The number of carbonyl (C=O) groups is 1. The quantitative estimate of drug-likeness (QED) is 0.794. The normalized spacial score (nSPS) is 10.7. The minimum absolute atomic E-state index is 0.0886. The van der Waals surface area contributed by atoms with Gasteiger partial charge < -0.3 is 14.3 Å². The van der Waals surface area contributed by atoms with Crippen LogP contribution in [0, 0.1) is 20.8 Å². The predicted molar refractivity (Wildman–Crippen MR) is 89.9 cm³/mol. The van der Waals surface area contributed by atoms with Crippen molar-refractivity contribution in [3.8, 4) is 5.69 Å². The van der Waals surface area contributed by atoms with E-state index in [-0.39, 0.29) is 5.91 Å². The first kappa shape index (κ1) is 15.2. The van der Waals surface area contributed by atoms with Gasteiger partial charge in [-0.1, -0.05) is 18.2 Å². The zero-order chi connectivity index (χ0) is 16.4. The van der Waals surface area contributed by atoms with Gasteiger partial charge in [0.1, 0.15) is 5.76 Å². The first-order chi connectivity index (χ1) is 11.1. The van der Waals surface area contributed by atoms with E-state index in [4.69, 9.17) is 4.42 Å². The molecule has 0 radical (unpaired) electrons. The minimum atomic E-state index is -0.0886. The Bertz CT molecular complexity index is 829. The molecule has 0 aliphatic heterocycles. The fourth-order valence-corrected chi connectivity index (χ4v) is 2.85. The lowest BCUT2D eigenvalue weighted by molar-refractivity contribution is 0.0947. The molecule has 118 valence electrons. The van der Waals surface area contributed by atoms with Gasteiger partial charge in [-0.05, 0) is 50.6 Å². The number of aryl methyl sites for hydroxylation is 2. The van der Waals surface area contributed by atoms with Crippen molar-refractivity contribution in [2.24, 2.45) is 0 Å². The van der Waals surface area contributed by atoms with Crippen molar-refractivity contribution in [3.05, 3.63) is 77.0 Å². The molecule has 2 aromatic heterocycles. The van der Waals surface area contributed by atoms with Crippen molar-refractivity contribution in [2.45, 2.75) is 27.3 Å². The highest BCUT2D eigenvalue weighted by Gasteiger charge is 2.17. The third kappa shape index (κ3) is 2.93. The van der Waals surface area contributed by atoms with E-state index in [1.807, 2.05) is 44.2 Å². The molecule has 0 aliphatic carbocycles. The summed E-state index contributed by atoms with van der Waals surface area (Å²) < 4.78 is 7.37. The van der Waals surface area contributed by atoms with Gasteiger partial charge in [0, 0.05) is 17.1 Å².